The summed E-state index contributed by atoms with van der Waals surface area (Å²) < 4.78 is 10.1. The maximum absolute atomic E-state index is 12.0. The average molecular weight is 288 g/mol. The van der Waals surface area contributed by atoms with E-state index in [1.165, 1.54) is 4.90 Å². The van der Waals surface area contributed by atoms with Crippen LogP contribution in [0.3, 0.4) is 0 Å². The fourth-order valence-electron chi connectivity index (χ4n) is 1.88. The van der Waals surface area contributed by atoms with Crippen molar-refractivity contribution in [1.29, 1.82) is 0 Å². The van der Waals surface area contributed by atoms with E-state index in [9.17, 15) is 9.59 Å². The number of hydrogen-bond donors (Lipinski definition) is 2. The molecule has 0 aliphatic carbocycles. The van der Waals surface area contributed by atoms with Crippen LogP contribution in [0.5, 0.6) is 0 Å². The number of amides is 2. The number of methoxy groups -OCH3 is 1. The number of nitrogens with one attached hydrogen (secondary N) is 1. The van der Waals surface area contributed by atoms with Crippen molar-refractivity contribution in [2.24, 2.45) is 5.41 Å². The molecule has 1 aliphatic rings. The molecule has 0 bridgehead atoms. The van der Waals surface area contributed by atoms with Gasteiger partial charge < -0.3 is 24.8 Å². The van der Waals surface area contributed by atoms with E-state index in [1.54, 1.807) is 7.11 Å². The van der Waals surface area contributed by atoms with E-state index in [-0.39, 0.29) is 24.6 Å². The molecule has 7 nitrogen and oxygen atoms in total. The zero-order valence-corrected chi connectivity index (χ0v) is 12.3. The number of hydrogen-bond acceptors (Lipinski definition) is 4. The van der Waals surface area contributed by atoms with Crippen molar-refractivity contribution in [1.82, 2.24) is 10.2 Å². The lowest BCUT2D eigenvalue weighted by Crippen LogP contribution is -2.52. The van der Waals surface area contributed by atoms with Gasteiger partial charge in [-0.3, -0.25) is 0 Å². The monoisotopic (exact) mass is 288 g/mol. The van der Waals surface area contributed by atoms with Crippen molar-refractivity contribution in [3.63, 3.8) is 0 Å². The van der Waals surface area contributed by atoms with Crippen LogP contribution >= 0.6 is 0 Å². The van der Waals surface area contributed by atoms with Crippen molar-refractivity contribution in [2.45, 2.75) is 26.4 Å². The average Bonchev–Trinajstić information content (AvgIpc) is 2.43. The van der Waals surface area contributed by atoms with Crippen LogP contribution < -0.4 is 5.32 Å². The minimum Gasteiger partial charge on any atom is -0.479 e. The maximum Gasteiger partial charge on any atom is 0.334 e. The molecular formula is C13H24N2O5. The van der Waals surface area contributed by atoms with Gasteiger partial charge in [0.2, 0.25) is 0 Å². The largest absolute Gasteiger partial charge is 0.479 e. The molecule has 0 aromatic carbocycles. The molecule has 1 saturated heterocycles. The first kappa shape index (κ1) is 16.7. The standard InChI is InChI=1S/C13H24N2O5/c1-13(2,4-6-19-3)9-14-12(18)15-5-7-20-10(8-15)11(16)17/h10H,4-9H2,1-3H3,(H,14,18)(H,16,17). The Morgan fingerprint density at radius 2 is 2.20 bits per heavy atom. The lowest BCUT2D eigenvalue weighted by molar-refractivity contribution is -0.154. The summed E-state index contributed by atoms with van der Waals surface area (Å²) in [6.07, 6.45) is -0.0963. The number of morpholine rings is 1. The van der Waals surface area contributed by atoms with Crippen LogP contribution in [0.2, 0.25) is 0 Å². The van der Waals surface area contributed by atoms with Crippen LogP contribution in [0.25, 0.3) is 0 Å². The van der Waals surface area contributed by atoms with E-state index in [0.29, 0.717) is 19.7 Å². The van der Waals surface area contributed by atoms with Gasteiger partial charge in [-0.05, 0) is 11.8 Å². The zero-order chi connectivity index (χ0) is 15.2. The molecule has 1 rings (SSSR count). The summed E-state index contributed by atoms with van der Waals surface area (Å²) in [6.45, 7) is 5.99. The molecule has 2 amide bonds. The highest BCUT2D eigenvalue weighted by Crippen LogP contribution is 2.19. The minimum absolute atomic E-state index is 0.0653. The fraction of sp³-hybridized carbons (Fsp3) is 0.846. The molecule has 1 unspecified atom stereocenters. The second kappa shape index (κ2) is 7.44. The molecule has 0 radical (unpaired) electrons. The molecule has 1 atom stereocenters. The van der Waals surface area contributed by atoms with Crippen molar-refractivity contribution in [3.8, 4) is 0 Å². The molecule has 1 fully saturated rings. The third-order valence-electron chi connectivity index (χ3n) is 3.33. The number of ether oxygens (including phenoxy) is 2. The Kier molecular flexibility index (Phi) is 6.22. The number of nitrogens with zero attached hydrogens (tertiary/aromatic N) is 1. The Morgan fingerprint density at radius 3 is 2.80 bits per heavy atom. The number of carboxylic acid groups (broad SMARTS) is 1. The highest BCUT2D eigenvalue weighted by Gasteiger charge is 2.29. The summed E-state index contributed by atoms with van der Waals surface area (Å²) in [5, 5.41) is 11.7. The summed E-state index contributed by atoms with van der Waals surface area (Å²) in [5.74, 6) is -1.04. The van der Waals surface area contributed by atoms with Crippen molar-refractivity contribution in [2.75, 3.05) is 40.0 Å². The SMILES string of the molecule is COCCC(C)(C)CNC(=O)N1CCOC(C(=O)O)C1. The van der Waals surface area contributed by atoms with E-state index >= 15 is 0 Å². The van der Waals surface area contributed by atoms with E-state index in [0.717, 1.165) is 6.42 Å². The zero-order valence-electron chi connectivity index (χ0n) is 12.3. The van der Waals surface area contributed by atoms with Crippen LogP contribution in [0.15, 0.2) is 0 Å². The predicted octanol–water partition coefficient (Wildman–Crippen LogP) is 0.544. The van der Waals surface area contributed by atoms with Gasteiger partial charge in [-0.15, -0.1) is 0 Å². The Morgan fingerprint density at radius 1 is 1.50 bits per heavy atom. The summed E-state index contributed by atoms with van der Waals surface area (Å²) >= 11 is 0. The molecule has 20 heavy (non-hydrogen) atoms. The summed E-state index contributed by atoms with van der Waals surface area (Å²) in [4.78, 5) is 24.4. The van der Waals surface area contributed by atoms with Crippen molar-refractivity contribution in [3.05, 3.63) is 0 Å². The Bertz CT molecular complexity index is 346. The van der Waals surface area contributed by atoms with E-state index in [1.807, 2.05) is 13.8 Å². The molecule has 1 aliphatic heterocycles. The number of carbonyl (C=O) groups excluding carboxylic acids is 1. The van der Waals surface area contributed by atoms with Gasteiger partial charge in [0.1, 0.15) is 0 Å². The first-order chi connectivity index (χ1) is 9.35. The van der Waals surface area contributed by atoms with Gasteiger partial charge >= 0.3 is 12.0 Å². The number of carboxylic acids is 1. The highest BCUT2D eigenvalue weighted by molar-refractivity contribution is 5.77. The Balaban J connectivity index is 2.40. The molecule has 0 aromatic heterocycles. The molecule has 2 N–H and O–H groups in total. The van der Waals surface area contributed by atoms with E-state index in [2.05, 4.69) is 5.32 Å². The second-order valence-electron chi connectivity index (χ2n) is 5.71. The normalized spacial score (nSPS) is 19.8. The molecule has 1 heterocycles. The fourth-order valence-corrected chi connectivity index (χ4v) is 1.88. The number of urea groups is 1. The van der Waals surface area contributed by atoms with Gasteiger partial charge in [-0.2, -0.15) is 0 Å². The predicted molar refractivity (Wildman–Crippen MR) is 72.6 cm³/mol. The van der Waals surface area contributed by atoms with Gasteiger partial charge in [0.15, 0.2) is 6.10 Å². The molecule has 0 aromatic rings. The van der Waals surface area contributed by atoms with Gasteiger partial charge in [-0.25, -0.2) is 9.59 Å². The van der Waals surface area contributed by atoms with Crippen LogP contribution in [-0.2, 0) is 14.3 Å². The molecule has 7 heteroatoms. The first-order valence-electron chi connectivity index (χ1n) is 6.72. The van der Waals surface area contributed by atoms with Crippen LogP contribution in [-0.4, -0.2) is 68.1 Å². The Labute approximate surface area is 119 Å². The van der Waals surface area contributed by atoms with Crippen LogP contribution in [0.4, 0.5) is 4.79 Å². The maximum atomic E-state index is 12.0. The topological polar surface area (TPSA) is 88.1 Å². The third-order valence-corrected chi connectivity index (χ3v) is 3.33. The highest BCUT2D eigenvalue weighted by atomic mass is 16.5. The number of rotatable bonds is 6. The van der Waals surface area contributed by atoms with Crippen LogP contribution in [0, 0.1) is 5.41 Å². The molecule has 0 spiro atoms. The smallest absolute Gasteiger partial charge is 0.334 e. The van der Waals surface area contributed by atoms with Crippen LogP contribution in [0.1, 0.15) is 20.3 Å². The van der Waals surface area contributed by atoms with Crippen molar-refractivity contribution < 1.29 is 24.2 Å². The minimum atomic E-state index is -1.04. The van der Waals surface area contributed by atoms with Gasteiger partial charge in [-0.1, -0.05) is 13.8 Å². The second-order valence-corrected chi connectivity index (χ2v) is 5.71. The van der Waals surface area contributed by atoms with Gasteiger partial charge in [0, 0.05) is 26.8 Å². The lowest BCUT2D eigenvalue weighted by atomic mass is 9.90. The number of carbonyl (C=O) groups is 2. The summed E-state index contributed by atoms with van der Waals surface area (Å²) in [7, 11) is 1.65. The Hall–Kier alpha value is -1.34. The van der Waals surface area contributed by atoms with E-state index in [4.69, 9.17) is 14.6 Å². The van der Waals surface area contributed by atoms with Crippen molar-refractivity contribution >= 4 is 12.0 Å². The van der Waals surface area contributed by atoms with Gasteiger partial charge in [0.25, 0.3) is 0 Å². The third kappa shape index (κ3) is 5.34. The van der Waals surface area contributed by atoms with E-state index < -0.39 is 12.1 Å². The molecule has 116 valence electrons. The van der Waals surface area contributed by atoms with Gasteiger partial charge in [0.05, 0.1) is 13.2 Å². The summed E-state index contributed by atoms with van der Waals surface area (Å²) in [6, 6.07) is -0.245. The number of aliphatic carboxylic acids is 1. The lowest BCUT2D eigenvalue weighted by Gasteiger charge is -2.32. The first-order valence-corrected chi connectivity index (χ1v) is 6.72. The molecule has 0 saturated carbocycles. The molecular weight excluding hydrogens is 264 g/mol. The summed E-state index contributed by atoms with van der Waals surface area (Å²) in [5.41, 5.74) is -0.0653. The quantitative estimate of drug-likeness (QED) is 0.745.